The standard InChI is InChI=1S/C21H26O6/c1-13(7-15-5-6-18(24-3)19(9-15)25-4)21-11-16(8-14(2)22)17(23)10-20(21)26-12-27-21/h5-6,9-10,13,16H,7-8,11-12H2,1-4H3/t13?,16?,21-/m1/s1. The van der Waals surface area contributed by atoms with Crippen LogP contribution in [0.3, 0.4) is 0 Å². The van der Waals surface area contributed by atoms with Crippen LogP contribution < -0.4 is 9.47 Å². The summed E-state index contributed by atoms with van der Waals surface area (Å²) in [4.78, 5) is 23.9. The quantitative estimate of drug-likeness (QED) is 0.730. The van der Waals surface area contributed by atoms with Gasteiger partial charge in [-0.3, -0.25) is 4.79 Å². The summed E-state index contributed by atoms with van der Waals surface area (Å²) >= 11 is 0. The molecule has 0 spiro atoms. The topological polar surface area (TPSA) is 71.1 Å². The number of allylic oxidation sites excluding steroid dienone is 1. The second-order valence-electron chi connectivity index (χ2n) is 7.31. The van der Waals surface area contributed by atoms with Gasteiger partial charge in [0.25, 0.3) is 0 Å². The number of rotatable bonds is 7. The Kier molecular flexibility index (Phi) is 5.56. The fourth-order valence-corrected chi connectivity index (χ4v) is 4.06. The number of methoxy groups -OCH3 is 2. The van der Waals surface area contributed by atoms with Crippen molar-refractivity contribution in [2.45, 2.75) is 38.7 Å². The van der Waals surface area contributed by atoms with Crippen LogP contribution in [0.15, 0.2) is 30.0 Å². The number of benzene rings is 1. The van der Waals surface area contributed by atoms with Crippen LogP contribution in [0.25, 0.3) is 0 Å². The molecule has 1 fully saturated rings. The maximum absolute atomic E-state index is 12.4. The molecule has 2 unspecified atom stereocenters. The molecule has 6 heteroatoms. The number of fused-ring (bicyclic) bond motifs is 1. The zero-order chi connectivity index (χ0) is 19.6. The van der Waals surface area contributed by atoms with E-state index in [1.54, 1.807) is 14.2 Å². The molecule has 1 aromatic carbocycles. The first-order chi connectivity index (χ1) is 12.9. The third kappa shape index (κ3) is 3.72. The zero-order valence-electron chi connectivity index (χ0n) is 16.2. The Morgan fingerprint density at radius 3 is 2.70 bits per heavy atom. The van der Waals surface area contributed by atoms with E-state index in [0.29, 0.717) is 30.1 Å². The first-order valence-corrected chi connectivity index (χ1v) is 9.12. The van der Waals surface area contributed by atoms with Crippen molar-refractivity contribution in [2.24, 2.45) is 11.8 Å². The van der Waals surface area contributed by atoms with Crippen LogP contribution in [-0.4, -0.2) is 38.2 Å². The van der Waals surface area contributed by atoms with Gasteiger partial charge in [-0.25, -0.2) is 0 Å². The minimum Gasteiger partial charge on any atom is -0.493 e. The second kappa shape index (κ2) is 7.72. The van der Waals surface area contributed by atoms with Gasteiger partial charge in [-0.05, 0) is 43.4 Å². The predicted octanol–water partition coefficient (Wildman–Crippen LogP) is 3.08. The van der Waals surface area contributed by atoms with E-state index in [4.69, 9.17) is 18.9 Å². The van der Waals surface area contributed by atoms with E-state index in [1.807, 2.05) is 18.2 Å². The van der Waals surface area contributed by atoms with Gasteiger partial charge in [-0.2, -0.15) is 0 Å². The average Bonchev–Trinajstić information content (AvgIpc) is 3.05. The highest BCUT2D eigenvalue weighted by Gasteiger charge is 2.52. The number of ketones is 2. The monoisotopic (exact) mass is 374 g/mol. The van der Waals surface area contributed by atoms with E-state index in [-0.39, 0.29) is 36.6 Å². The Morgan fingerprint density at radius 1 is 1.30 bits per heavy atom. The van der Waals surface area contributed by atoms with Gasteiger partial charge in [0.2, 0.25) is 0 Å². The lowest BCUT2D eigenvalue weighted by atomic mass is 9.71. The van der Waals surface area contributed by atoms with Crippen molar-refractivity contribution in [1.82, 2.24) is 0 Å². The minimum absolute atomic E-state index is 0.00630. The molecule has 146 valence electrons. The number of carbonyl (C=O) groups excluding carboxylic acids is 2. The highest BCUT2D eigenvalue weighted by molar-refractivity contribution is 5.96. The summed E-state index contributed by atoms with van der Waals surface area (Å²) in [6, 6.07) is 5.82. The van der Waals surface area contributed by atoms with Gasteiger partial charge in [0.15, 0.2) is 24.1 Å². The Morgan fingerprint density at radius 2 is 2.04 bits per heavy atom. The van der Waals surface area contributed by atoms with Gasteiger partial charge in [0.1, 0.15) is 17.1 Å². The maximum atomic E-state index is 12.4. The number of ether oxygens (including phenoxy) is 4. The number of hydrogen-bond donors (Lipinski definition) is 0. The van der Waals surface area contributed by atoms with E-state index in [1.165, 1.54) is 13.0 Å². The van der Waals surface area contributed by atoms with Crippen LogP contribution in [0.2, 0.25) is 0 Å². The Balaban J connectivity index is 1.85. The molecule has 1 aliphatic carbocycles. The molecule has 0 saturated carbocycles. The summed E-state index contributed by atoms with van der Waals surface area (Å²) < 4.78 is 22.3. The highest BCUT2D eigenvalue weighted by Crippen LogP contribution is 2.46. The number of Topliss-reactive ketones (excluding diaryl/α,β-unsaturated/α-hetero) is 1. The summed E-state index contributed by atoms with van der Waals surface area (Å²) in [5, 5.41) is 0. The van der Waals surface area contributed by atoms with Gasteiger partial charge >= 0.3 is 0 Å². The van der Waals surface area contributed by atoms with Crippen molar-refractivity contribution in [1.29, 1.82) is 0 Å². The fraction of sp³-hybridized carbons (Fsp3) is 0.524. The SMILES string of the molecule is COc1ccc(CC(C)[C@]23CC(CC(C)=O)C(=O)C=C2OCO3)cc1OC. The molecule has 6 nitrogen and oxygen atoms in total. The van der Waals surface area contributed by atoms with Crippen molar-refractivity contribution in [2.75, 3.05) is 21.0 Å². The molecule has 0 radical (unpaired) electrons. The summed E-state index contributed by atoms with van der Waals surface area (Å²) in [6.07, 6.45) is 2.93. The summed E-state index contributed by atoms with van der Waals surface area (Å²) in [5.74, 6) is 1.57. The van der Waals surface area contributed by atoms with Crippen LogP contribution in [0.5, 0.6) is 11.5 Å². The fourth-order valence-electron chi connectivity index (χ4n) is 4.06. The molecule has 1 aliphatic heterocycles. The minimum atomic E-state index is -0.679. The van der Waals surface area contributed by atoms with E-state index >= 15 is 0 Å². The second-order valence-corrected chi connectivity index (χ2v) is 7.31. The number of hydrogen-bond acceptors (Lipinski definition) is 6. The van der Waals surface area contributed by atoms with Crippen molar-refractivity contribution in [3.8, 4) is 11.5 Å². The molecule has 3 atom stereocenters. The molecule has 0 aromatic heterocycles. The smallest absolute Gasteiger partial charge is 0.189 e. The van der Waals surface area contributed by atoms with Crippen molar-refractivity contribution >= 4 is 11.6 Å². The number of carbonyl (C=O) groups is 2. The van der Waals surface area contributed by atoms with Crippen LogP contribution in [0.1, 0.15) is 32.3 Å². The Bertz CT molecular complexity index is 768. The average molecular weight is 374 g/mol. The van der Waals surface area contributed by atoms with E-state index < -0.39 is 5.60 Å². The Labute approximate surface area is 159 Å². The molecular formula is C21H26O6. The molecule has 3 rings (SSSR count). The van der Waals surface area contributed by atoms with E-state index in [9.17, 15) is 9.59 Å². The molecule has 1 aromatic rings. The first-order valence-electron chi connectivity index (χ1n) is 9.12. The largest absolute Gasteiger partial charge is 0.493 e. The molecule has 1 heterocycles. The zero-order valence-corrected chi connectivity index (χ0v) is 16.2. The van der Waals surface area contributed by atoms with E-state index in [0.717, 1.165) is 5.56 Å². The lowest BCUT2D eigenvalue weighted by Crippen LogP contribution is -2.45. The summed E-state index contributed by atoms with van der Waals surface area (Å²) in [5.41, 5.74) is 0.394. The molecule has 0 bridgehead atoms. The van der Waals surface area contributed by atoms with Gasteiger partial charge < -0.3 is 23.7 Å². The molecule has 0 amide bonds. The lowest BCUT2D eigenvalue weighted by molar-refractivity contribution is -0.128. The summed E-state index contributed by atoms with van der Waals surface area (Å²) in [6.45, 7) is 3.72. The van der Waals surface area contributed by atoms with Gasteiger partial charge in [-0.15, -0.1) is 0 Å². The van der Waals surface area contributed by atoms with Crippen molar-refractivity contribution < 1.29 is 28.5 Å². The first kappa shape index (κ1) is 19.4. The van der Waals surface area contributed by atoms with Crippen molar-refractivity contribution in [3.63, 3.8) is 0 Å². The third-order valence-electron chi connectivity index (χ3n) is 5.49. The molecule has 0 N–H and O–H groups in total. The normalized spacial score (nSPS) is 25.3. The maximum Gasteiger partial charge on any atom is 0.189 e. The van der Waals surface area contributed by atoms with E-state index in [2.05, 4.69) is 6.92 Å². The van der Waals surface area contributed by atoms with Crippen molar-refractivity contribution in [3.05, 3.63) is 35.6 Å². The molecular weight excluding hydrogens is 348 g/mol. The third-order valence-corrected chi connectivity index (χ3v) is 5.49. The molecule has 2 aliphatic rings. The Hall–Kier alpha value is -2.34. The summed E-state index contributed by atoms with van der Waals surface area (Å²) in [7, 11) is 3.21. The molecule has 1 saturated heterocycles. The van der Waals surface area contributed by atoms with Crippen LogP contribution in [0, 0.1) is 11.8 Å². The van der Waals surface area contributed by atoms with Gasteiger partial charge in [0, 0.05) is 18.4 Å². The van der Waals surface area contributed by atoms with Crippen LogP contribution in [-0.2, 0) is 25.5 Å². The van der Waals surface area contributed by atoms with Crippen LogP contribution in [0.4, 0.5) is 0 Å². The lowest BCUT2D eigenvalue weighted by Gasteiger charge is -2.38. The van der Waals surface area contributed by atoms with Crippen LogP contribution >= 0.6 is 0 Å². The highest BCUT2D eigenvalue weighted by atomic mass is 16.7. The van der Waals surface area contributed by atoms with Gasteiger partial charge in [0.05, 0.1) is 14.2 Å². The predicted molar refractivity (Wildman–Crippen MR) is 98.7 cm³/mol. The molecule has 27 heavy (non-hydrogen) atoms. The van der Waals surface area contributed by atoms with Gasteiger partial charge in [-0.1, -0.05) is 13.0 Å².